The highest BCUT2D eigenvalue weighted by molar-refractivity contribution is 5.84. The van der Waals surface area contributed by atoms with Crippen LogP contribution in [0.3, 0.4) is 0 Å². The number of ether oxygens (including phenoxy) is 2. The zero-order valence-corrected chi connectivity index (χ0v) is 17.9. The molecule has 2 aromatic rings. The highest BCUT2D eigenvalue weighted by atomic mass is 16.5. The molecule has 0 unspecified atom stereocenters. The molecule has 0 radical (unpaired) electrons. The number of hydrogen-bond donors (Lipinski definition) is 5. The summed E-state index contributed by atoms with van der Waals surface area (Å²) < 4.78 is 12.2. The number of hydrogen-bond acceptors (Lipinski definition) is 7. The summed E-state index contributed by atoms with van der Waals surface area (Å²) in [7, 11) is 0. The molecule has 2 atom stereocenters. The van der Waals surface area contributed by atoms with Crippen molar-refractivity contribution in [2.45, 2.75) is 44.8 Å². The molecule has 0 saturated carbocycles. The van der Waals surface area contributed by atoms with Gasteiger partial charge in [0.2, 0.25) is 0 Å². The minimum Gasteiger partial charge on any atom is -0.507 e. The lowest BCUT2D eigenvalue weighted by Gasteiger charge is -2.38. The van der Waals surface area contributed by atoms with Gasteiger partial charge in [0.15, 0.2) is 11.5 Å². The van der Waals surface area contributed by atoms with Gasteiger partial charge < -0.3 is 35.0 Å². The number of phenolic OH excluding ortho intramolecular Hbond substituents is 4. The normalized spacial score (nSPS) is 22.1. The molecule has 0 amide bonds. The molecule has 3 aliphatic rings. The van der Waals surface area contributed by atoms with Crippen LogP contribution >= 0.6 is 0 Å². The highest BCUT2D eigenvalue weighted by Crippen LogP contribution is 2.59. The van der Waals surface area contributed by atoms with Crippen molar-refractivity contribution in [2.24, 2.45) is 0 Å². The number of aliphatic hydroxyl groups is 1. The number of phenols is 4. The third kappa shape index (κ3) is 2.71. The zero-order chi connectivity index (χ0) is 23.1. The Kier molecular flexibility index (Phi) is 4.11. The van der Waals surface area contributed by atoms with Crippen LogP contribution in [0.25, 0.3) is 11.8 Å². The number of fused-ring (bicyclic) bond motifs is 5. The van der Waals surface area contributed by atoms with Crippen molar-refractivity contribution in [1.29, 1.82) is 0 Å². The second-order valence-corrected chi connectivity index (χ2v) is 9.10. The van der Waals surface area contributed by atoms with Crippen molar-refractivity contribution in [1.82, 2.24) is 0 Å². The molecule has 7 heteroatoms. The minimum absolute atomic E-state index is 0.167. The van der Waals surface area contributed by atoms with E-state index >= 15 is 0 Å². The smallest absolute Gasteiger partial charge is 0.162 e. The molecule has 5 N–H and O–H groups in total. The number of aromatic hydroxyl groups is 4. The second kappa shape index (κ2) is 6.46. The predicted octanol–water partition coefficient (Wildman–Crippen LogP) is 4.59. The first kappa shape index (κ1) is 20.3. The van der Waals surface area contributed by atoms with Gasteiger partial charge in [0.05, 0.1) is 16.7 Å². The summed E-state index contributed by atoms with van der Waals surface area (Å²) in [5.41, 5.74) is 1.75. The van der Waals surface area contributed by atoms with E-state index < -0.39 is 23.4 Å². The minimum atomic E-state index is -1.22. The molecular formula is C25H24O7. The lowest BCUT2D eigenvalue weighted by Crippen LogP contribution is -2.28. The summed E-state index contributed by atoms with van der Waals surface area (Å²) in [5, 5.41) is 53.5. The van der Waals surface area contributed by atoms with Gasteiger partial charge in [-0.1, -0.05) is 12.2 Å². The van der Waals surface area contributed by atoms with Gasteiger partial charge >= 0.3 is 0 Å². The van der Waals surface area contributed by atoms with Crippen LogP contribution in [0.1, 0.15) is 61.5 Å². The fraction of sp³-hybridized carbons (Fsp3) is 0.280. The van der Waals surface area contributed by atoms with E-state index in [1.807, 2.05) is 26.0 Å². The fourth-order valence-electron chi connectivity index (χ4n) is 4.74. The summed E-state index contributed by atoms with van der Waals surface area (Å²) in [6, 6.07) is 2.50. The van der Waals surface area contributed by atoms with E-state index in [0.717, 1.165) is 6.07 Å². The first-order valence-corrected chi connectivity index (χ1v) is 10.3. The number of allylic oxidation sites excluding steroid dienone is 1. The molecule has 0 saturated heterocycles. The van der Waals surface area contributed by atoms with Gasteiger partial charge in [-0.2, -0.15) is 0 Å². The maximum absolute atomic E-state index is 11.3. The number of rotatable bonds is 1. The lowest BCUT2D eigenvalue weighted by atomic mass is 9.74. The Morgan fingerprint density at radius 2 is 1.78 bits per heavy atom. The molecule has 0 fully saturated rings. The molecule has 0 bridgehead atoms. The average Bonchev–Trinajstić information content (AvgIpc) is 2.69. The van der Waals surface area contributed by atoms with Gasteiger partial charge in [-0.25, -0.2) is 0 Å². The molecule has 166 valence electrons. The first-order valence-electron chi connectivity index (χ1n) is 10.3. The van der Waals surface area contributed by atoms with Crippen molar-refractivity contribution in [2.75, 3.05) is 0 Å². The van der Waals surface area contributed by atoms with Gasteiger partial charge in [0.1, 0.15) is 40.5 Å². The van der Waals surface area contributed by atoms with E-state index in [-0.39, 0.29) is 51.9 Å². The Morgan fingerprint density at radius 1 is 1.06 bits per heavy atom. The van der Waals surface area contributed by atoms with E-state index in [9.17, 15) is 25.5 Å². The van der Waals surface area contributed by atoms with Crippen LogP contribution in [0.2, 0.25) is 0 Å². The van der Waals surface area contributed by atoms with Crippen LogP contribution in [-0.2, 0) is 0 Å². The summed E-state index contributed by atoms with van der Waals surface area (Å²) in [5.74, 6) is -0.985. The predicted molar refractivity (Wildman–Crippen MR) is 118 cm³/mol. The van der Waals surface area contributed by atoms with Crippen LogP contribution in [0.4, 0.5) is 0 Å². The third-order valence-corrected chi connectivity index (χ3v) is 6.31. The third-order valence-electron chi connectivity index (χ3n) is 6.31. The molecule has 0 spiro atoms. The van der Waals surface area contributed by atoms with E-state index in [1.54, 1.807) is 6.92 Å². The SMILES string of the molecule is C=C(C)[C@H]1CC2=C(Oc3c4c(cc(O)c3[C@H]2O)OC(C)(C)C=C4)c2c(O)cc(O)c(O)c21. The van der Waals surface area contributed by atoms with Crippen molar-refractivity contribution >= 4 is 11.8 Å². The zero-order valence-electron chi connectivity index (χ0n) is 17.9. The Balaban J connectivity index is 1.77. The molecule has 2 heterocycles. The first-order chi connectivity index (χ1) is 15.0. The van der Waals surface area contributed by atoms with E-state index in [0.29, 0.717) is 22.5 Å². The van der Waals surface area contributed by atoms with Crippen LogP contribution in [0.5, 0.6) is 34.5 Å². The molecule has 32 heavy (non-hydrogen) atoms. The van der Waals surface area contributed by atoms with Crippen LogP contribution in [0.15, 0.2) is 35.9 Å². The molecule has 0 aromatic heterocycles. The maximum atomic E-state index is 11.3. The largest absolute Gasteiger partial charge is 0.507 e. The van der Waals surface area contributed by atoms with E-state index in [4.69, 9.17) is 9.47 Å². The Hall–Kier alpha value is -3.58. The van der Waals surface area contributed by atoms with Gasteiger partial charge in [-0.05, 0) is 39.3 Å². The molecule has 2 aliphatic heterocycles. The van der Waals surface area contributed by atoms with Gasteiger partial charge in [0, 0.05) is 29.2 Å². The Bertz CT molecular complexity index is 1270. The van der Waals surface area contributed by atoms with Crippen molar-refractivity contribution in [3.63, 3.8) is 0 Å². The van der Waals surface area contributed by atoms with E-state index in [2.05, 4.69) is 6.58 Å². The monoisotopic (exact) mass is 436 g/mol. The van der Waals surface area contributed by atoms with Crippen LogP contribution in [0, 0.1) is 0 Å². The summed E-state index contributed by atoms with van der Waals surface area (Å²) in [6.07, 6.45) is 2.67. The number of aliphatic hydroxyl groups excluding tert-OH is 1. The van der Waals surface area contributed by atoms with E-state index in [1.165, 1.54) is 6.07 Å². The Labute approximate surface area is 184 Å². The van der Waals surface area contributed by atoms with Crippen molar-refractivity contribution in [3.05, 3.63) is 58.2 Å². The fourth-order valence-corrected chi connectivity index (χ4v) is 4.74. The van der Waals surface area contributed by atoms with Gasteiger partial charge in [-0.3, -0.25) is 0 Å². The molecule has 7 nitrogen and oxygen atoms in total. The summed E-state index contributed by atoms with van der Waals surface area (Å²) in [4.78, 5) is 0. The van der Waals surface area contributed by atoms with Crippen molar-refractivity contribution < 1.29 is 35.0 Å². The Morgan fingerprint density at radius 3 is 2.47 bits per heavy atom. The van der Waals surface area contributed by atoms with Gasteiger partial charge in [0.25, 0.3) is 0 Å². The van der Waals surface area contributed by atoms with Crippen LogP contribution < -0.4 is 9.47 Å². The molecule has 5 rings (SSSR count). The quantitative estimate of drug-likeness (QED) is 0.252. The maximum Gasteiger partial charge on any atom is 0.162 e. The summed E-state index contributed by atoms with van der Waals surface area (Å²) in [6.45, 7) is 9.50. The lowest BCUT2D eigenvalue weighted by molar-refractivity contribution is 0.156. The van der Waals surface area contributed by atoms with Gasteiger partial charge in [-0.15, -0.1) is 0 Å². The standard InChI is InChI=1S/C25H24O7/c1-10(2)12-7-13-21(29)20-15(27)9-17-11(5-6-25(3,4)32-17)23(20)31-24(13)19-14(26)8-16(28)22(30)18(12)19/h5-6,8-9,12,21,26-30H,1,7H2,2-4H3/t12-,21+/m1/s1. The number of benzene rings is 2. The second-order valence-electron chi connectivity index (χ2n) is 9.10. The highest BCUT2D eigenvalue weighted by Gasteiger charge is 2.43. The van der Waals surface area contributed by atoms with Crippen LogP contribution in [-0.4, -0.2) is 31.1 Å². The molecule has 1 aliphatic carbocycles. The van der Waals surface area contributed by atoms with Crippen molar-refractivity contribution in [3.8, 4) is 34.5 Å². The average molecular weight is 436 g/mol. The summed E-state index contributed by atoms with van der Waals surface area (Å²) >= 11 is 0. The topological polar surface area (TPSA) is 120 Å². The molecule has 2 aromatic carbocycles. The molecular weight excluding hydrogens is 412 g/mol.